The van der Waals surface area contributed by atoms with Gasteiger partial charge in [0.2, 0.25) is 11.0 Å². The molecule has 1 aromatic carbocycles. The molecular weight excluding hydrogens is 369 g/mol. The molecule has 9 heteroatoms. The fourth-order valence-corrected chi connectivity index (χ4v) is 3.95. The number of halogens is 2. The van der Waals surface area contributed by atoms with Crippen LogP contribution >= 0.6 is 34.5 Å². The van der Waals surface area contributed by atoms with Crippen molar-refractivity contribution in [3.05, 3.63) is 58.3 Å². The highest BCUT2D eigenvalue weighted by Gasteiger charge is 2.49. The van der Waals surface area contributed by atoms with Crippen LogP contribution in [0.2, 0.25) is 5.02 Å². The molecule has 0 spiro atoms. The van der Waals surface area contributed by atoms with Crippen molar-refractivity contribution in [1.29, 1.82) is 0 Å². The van der Waals surface area contributed by atoms with E-state index in [0.29, 0.717) is 16.7 Å². The molecule has 0 bridgehead atoms. The molecule has 0 saturated carbocycles. The van der Waals surface area contributed by atoms with Crippen LogP contribution in [-0.4, -0.2) is 31.3 Å². The number of alkyl halides is 1. The summed E-state index contributed by atoms with van der Waals surface area (Å²) < 4.78 is 1.75. The number of anilines is 1. The Morgan fingerprint density at radius 1 is 1.21 bits per heavy atom. The number of benzene rings is 1. The zero-order chi connectivity index (χ0) is 16.7. The predicted octanol–water partition coefficient (Wildman–Crippen LogP) is 3.13. The van der Waals surface area contributed by atoms with E-state index >= 15 is 0 Å². The number of amides is 1. The molecular formula is C15H11Cl2N5OS. The number of carbonyl (C=O) groups is 1. The van der Waals surface area contributed by atoms with E-state index in [1.165, 1.54) is 11.3 Å². The summed E-state index contributed by atoms with van der Waals surface area (Å²) in [5.74, 6) is -0.168. The van der Waals surface area contributed by atoms with Crippen molar-refractivity contribution in [2.24, 2.45) is 0 Å². The summed E-state index contributed by atoms with van der Waals surface area (Å²) >= 11 is 13.5. The van der Waals surface area contributed by atoms with E-state index in [9.17, 15) is 4.79 Å². The zero-order valence-corrected chi connectivity index (χ0v) is 14.5. The van der Waals surface area contributed by atoms with Crippen molar-refractivity contribution in [2.45, 2.75) is 18.0 Å². The summed E-state index contributed by atoms with van der Waals surface area (Å²) in [6.07, 6.45) is 3.55. The van der Waals surface area contributed by atoms with E-state index in [1.54, 1.807) is 27.9 Å². The lowest BCUT2D eigenvalue weighted by atomic mass is 9.94. The third-order valence-corrected chi connectivity index (χ3v) is 5.34. The Hall–Kier alpha value is -1.96. The second kappa shape index (κ2) is 6.16. The highest BCUT2D eigenvalue weighted by molar-refractivity contribution is 7.15. The van der Waals surface area contributed by atoms with Crippen LogP contribution < -0.4 is 4.90 Å². The monoisotopic (exact) mass is 379 g/mol. The zero-order valence-electron chi connectivity index (χ0n) is 12.2. The highest BCUT2D eigenvalue weighted by Crippen LogP contribution is 2.43. The molecule has 3 aromatic rings. The Labute approximate surface area is 151 Å². The summed E-state index contributed by atoms with van der Waals surface area (Å²) in [6.45, 7) is 0.516. The van der Waals surface area contributed by atoms with Gasteiger partial charge in [-0.25, -0.2) is 0 Å². The van der Waals surface area contributed by atoms with E-state index in [-0.39, 0.29) is 11.9 Å². The largest absolute Gasteiger partial charge is 0.276 e. The fraction of sp³-hybridized carbons (Fsp3) is 0.200. The molecule has 24 heavy (non-hydrogen) atoms. The van der Waals surface area contributed by atoms with Gasteiger partial charge < -0.3 is 0 Å². The van der Waals surface area contributed by atoms with Gasteiger partial charge in [-0.1, -0.05) is 35.1 Å². The van der Waals surface area contributed by atoms with Gasteiger partial charge in [-0.05, 0) is 23.8 Å². The minimum absolute atomic E-state index is 0.168. The predicted molar refractivity (Wildman–Crippen MR) is 92.6 cm³/mol. The smallest absolute Gasteiger partial charge is 0.250 e. The van der Waals surface area contributed by atoms with Crippen LogP contribution in [0.4, 0.5) is 5.13 Å². The summed E-state index contributed by atoms with van der Waals surface area (Å²) in [4.78, 5) is 13.8. The molecule has 1 amide bonds. The molecule has 1 saturated heterocycles. The molecule has 2 unspecified atom stereocenters. The van der Waals surface area contributed by atoms with E-state index in [2.05, 4.69) is 15.3 Å². The van der Waals surface area contributed by atoms with Crippen molar-refractivity contribution in [3.8, 4) is 0 Å². The van der Waals surface area contributed by atoms with Gasteiger partial charge in [-0.15, -0.1) is 21.8 Å². The average Bonchev–Trinajstić information content (AvgIpc) is 3.25. The van der Waals surface area contributed by atoms with Gasteiger partial charge in [0.05, 0.1) is 12.6 Å². The first-order chi connectivity index (χ1) is 11.6. The minimum Gasteiger partial charge on any atom is -0.276 e. The number of aromatic nitrogens is 4. The number of hydrogen-bond acceptors (Lipinski definition) is 5. The molecule has 3 heterocycles. The van der Waals surface area contributed by atoms with E-state index < -0.39 is 5.38 Å². The number of hydrogen-bond donors (Lipinski definition) is 0. The maximum Gasteiger partial charge on any atom is 0.250 e. The Kier molecular flexibility index (Phi) is 3.99. The molecule has 1 aliphatic rings. The molecule has 4 rings (SSSR count). The van der Waals surface area contributed by atoms with Crippen LogP contribution in [0.1, 0.15) is 16.6 Å². The van der Waals surface area contributed by atoms with Gasteiger partial charge >= 0.3 is 0 Å². The molecule has 122 valence electrons. The number of nitrogens with zero attached hydrogens (tertiary/aromatic N) is 5. The van der Waals surface area contributed by atoms with Crippen LogP contribution in [0.25, 0.3) is 0 Å². The molecule has 2 aromatic heterocycles. The van der Waals surface area contributed by atoms with Crippen LogP contribution in [0.3, 0.4) is 0 Å². The number of β-lactam (4-membered cyclic amide) rings is 1. The van der Waals surface area contributed by atoms with Gasteiger partial charge in [0.1, 0.15) is 10.4 Å². The Balaban J connectivity index is 1.59. The average molecular weight is 380 g/mol. The summed E-state index contributed by atoms with van der Waals surface area (Å²) in [6, 6.07) is 8.88. The second-order valence-corrected chi connectivity index (χ2v) is 7.24. The van der Waals surface area contributed by atoms with Gasteiger partial charge in [0.25, 0.3) is 0 Å². The molecule has 0 aliphatic carbocycles. The standard InChI is InChI=1S/C15H11Cl2N5OS/c16-10-4-2-9(3-5-10)13-12(17)14(23)22(13)15-20-19-11(24-15)8-21-7-1-6-18-21/h1-7,12-13H,8H2. The van der Waals surface area contributed by atoms with E-state index in [1.807, 2.05) is 24.4 Å². The van der Waals surface area contributed by atoms with Crippen molar-refractivity contribution in [3.63, 3.8) is 0 Å². The maximum atomic E-state index is 12.2. The lowest BCUT2D eigenvalue weighted by molar-refractivity contribution is -0.123. The number of rotatable bonds is 4. The summed E-state index contributed by atoms with van der Waals surface area (Å²) in [5, 5.41) is 13.8. The van der Waals surface area contributed by atoms with Gasteiger partial charge in [0.15, 0.2) is 0 Å². The van der Waals surface area contributed by atoms with Crippen molar-refractivity contribution in [1.82, 2.24) is 20.0 Å². The van der Waals surface area contributed by atoms with Crippen LogP contribution in [0.5, 0.6) is 0 Å². The van der Waals surface area contributed by atoms with Crippen LogP contribution in [0, 0.1) is 0 Å². The molecule has 6 nitrogen and oxygen atoms in total. The maximum absolute atomic E-state index is 12.2. The Morgan fingerprint density at radius 2 is 2.00 bits per heavy atom. The van der Waals surface area contributed by atoms with Crippen LogP contribution in [0.15, 0.2) is 42.7 Å². The second-order valence-electron chi connectivity index (χ2n) is 5.29. The SMILES string of the molecule is O=C1C(Cl)C(c2ccc(Cl)cc2)N1c1nnc(Cn2cccn2)s1. The Bertz CT molecular complexity index is 864. The van der Waals surface area contributed by atoms with Crippen molar-refractivity contribution >= 4 is 45.6 Å². The fourth-order valence-electron chi connectivity index (χ4n) is 2.58. The summed E-state index contributed by atoms with van der Waals surface area (Å²) in [5.41, 5.74) is 0.919. The number of carbonyl (C=O) groups excluding carboxylic acids is 1. The highest BCUT2D eigenvalue weighted by atomic mass is 35.5. The minimum atomic E-state index is -0.607. The van der Waals surface area contributed by atoms with Crippen LogP contribution in [-0.2, 0) is 11.3 Å². The molecule has 0 radical (unpaired) electrons. The van der Waals surface area contributed by atoms with Gasteiger partial charge in [-0.2, -0.15) is 5.10 Å². The van der Waals surface area contributed by atoms with Crippen molar-refractivity contribution in [2.75, 3.05) is 4.90 Å². The van der Waals surface area contributed by atoms with E-state index in [4.69, 9.17) is 23.2 Å². The lowest BCUT2D eigenvalue weighted by Gasteiger charge is -2.42. The normalized spacial score (nSPS) is 20.2. The molecule has 0 N–H and O–H groups in total. The topological polar surface area (TPSA) is 63.9 Å². The molecule has 1 fully saturated rings. The lowest BCUT2D eigenvalue weighted by Crippen LogP contribution is -2.56. The van der Waals surface area contributed by atoms with Crippen molar-refractivity contribution < 1.29 is 4.79 Å². The third-order valence-electron chi connectivity index (χ3n) is 3.76. The first-order valence-electron chi connectivity index (χ1n) is 7.16. The van der Waals surface area contributed by atoms with E-state index in [0.717, 1.165) is 10.6 Å². The third kappa shape index (κ3) is 2.68. The van der Waals surface area contributed by atoms with Gasteiger partial charge in [0, 0.05) is 17.4 Å². The molecule has 1 aliphatic heterocycles. The van der Waals surface area contributed by atoms with Gasteiger partial charge in [-0.3, -0.25) is 14.4 Å². The first kappa shape index (κ1) is 15.6. The first-order valence-corrected chi connectivity index (χ1v) is 8.79. The molecule has 2 atom stereocenters. The Morgan fingerprint density at radius 3 is 2.71 bits per heavy atom. The summed E-state index contributed by atoms with van der Waals surface area (Å²) in [7, 11) is 0. The quantitative estimate of drug-likeness (QED) is 0.515.